The van der Waals surface area contributed by atoms with Crippen LogP contribution in [0.4, 0.5) is 5.69 Å². The van der Waals surface area contributed by atoms with Crippen LogP contribution in [0.1, 0.15) is 30.1 Å². The van der Waals surface area contributed by atoms with Crippen LogP contribution in [0.5, 0.6) is 0 Å². The molecule has 1 saturated heterocycles. The molecule has 5 heteroatoms. The molecule has 102 valence electrons. The fourth-order valence-electron chi connectivity index (χ4n) is 2.78. The zero-order valence-corrected chi connectivity index (χ0v) is 10.5. The van der Waals surface area contributed by atoms with Gasteiger partial charge in [-0.25, -0.2) is 0 Å². The van der Waals surface area contributed by atoms with E-state index in [4.69, 9.17) is 9.84 Å². The van der Waals surface area contributed by atoms with Crippen molar-refractivity contribution in [1.82, 2.24) is 0 Å². The predicted octanol–water partition coefficient (Wildman–Crippen LogP) is 1.32. The molecular formula is C14H17NO4. The Bertz CT molecular complexity index is 502. The molecule has 2 aliphatic heterocycles. The van der Waals surface area contributed by atoms with Crippen LogP contribution in [0.15, 0.2) is 18.2 Å². The van der Waals surface area contributed by atoms with Crippen LogP contribution in [0.25, 0.3) is 0 Å². The third-order valence-corrected chi connectivity index (χ3v) is 3.83. The zero-order valence-electron chi connectivity index (χ0n) is 10.5. The lowest BCUT2D eigenvalue weighted by molar-refractivity contribution is -0.136. The summed E-state index contributed by atoms with van der Waals surface area (Å²) in [6.07, 6.45) is 0.974. The highest BCUT2D eigenvalue weighted by molar-refractivity contribution is 5.67. The van der Waals surface area contributed by atoms with E-state index in [0.29, 0.717) is 13.0 Å². The van der Waals surface area contributed by atoms with E-state index < -0.39 is 12.1 Å². The number of aliphatic hydroxyl groups excluding tert-OH is 1. The van der Waals surface area contributed by atoms with E-state index in [1.54, 1.807) is 0 Å². The van der Waals surface area contributed by atoms with Gasteiger partial charge in [0.25, 0.3) is 0 Å². The molecule has 0 aliphatic carbocycles. The second-order valence-electron chi connectivity index (χ2n) is 5.19. The average molecular weight is 263 g/mol. The van der Waals surface area contributed by atoms with Crippen molar-refractivity contribution in [2.24, 2.45) is 0 Å². The van der Waals surface area contributed by atoms with Crippen molar-refractivity contribution in [3.8, 4) is 0 Å². The summed E-state index contributed by atoms with van der Waals surface area (Å²) in [4.78, 5) is 10.6. The molecule has 0 saturated carbocycles. The standard InChI is InChI=1S/C14H17NO4/c16-12-7-19-13-6-11(12)15-10-3-1-8(5-9(10)13)2-4-14(17)18/h1,3,5,11-13,15-16H,2,4,6-7H2,(H,17,18)/t11-,12+,13-/m0/s1. The van der Waals surface area contributed by atoms with E-state index in [-0.39, 0.29) is 18.6 Å². The summed E-state index contributed by atoms with van der Waals surface area (Å²) < 4.78 is 5.66. The summed E-state index contributed by atoms with van der Waals surface area (Å²) in [7, 11) is 0. The van der Waals surface area contributed by atoms with Gasteiger partial charge >= 0.3 is 5.97 Å². The number of rotatable bonds is 3. The van der Waals surface area contributed by atoms with Crippen molar-refractivity contribution in [1.29, 1.82) is 0 Å². The Morgan fingerprint density at radius 3 is 3.11 bits per heavy atom. The molecule has 3 rings (SSSR count). The summed E-state index contributed by atoms with van der Waals surface area (Å²) in [5.41, 5.74) is 3.07. The van der Waals surface area contributed by atoms with Gasteiger partial charge in [0.1, 0.15) is 0 Å². The minimum absolute atomic E-state index is 0.00873. The molecule has 0 radical (unpaired) electrons. The molecular weight excluding hydrogens is 246 g/mol. The summed E-state index contributed by atoms with van der Waals surface area (Å²) in [6, 6.07) is 5.95. The lowest BCUT2D eigenvalue weighted by atomic mass is 9.88. The highest BCUT2D eigenvalue weighted by Crippen LogP contribution is 2.39. The lowest BCUT2D eigenvalue weighted by Gasteiger charge is -2.40. The van der Waals surface area contributed by atoms with Crippen LogP contribution < -0.4 is 5.32 Å². The number of hydrogen-bond acceptors (Lipinski definition) is 4. The Labute approximate surface area is 111 Å². The van der Waals surface area contributed by atoms with Crippen molar-refractivity contribution in [3.63, 3.8) is 0 Å². The molecule has 0 spiro atoms. The number of benzene rings is 1. The van der Waals surface area contributed by atoms with Crippen molar-refractivity contribution < 1.29 is 19.7 Å². The summed E-state index contributed by atoms with van der Waals surface area (Å²) in [5.74, 6) is -0.784. The molecule has 5 nitrogen and oxygen atoms in total. The first-order valence-electron chi connectivity index (χ1n) is 6.54. The second-order valence-corrected chi connectivity index (χ2v) is 5.19. The van der Waals surface area contributed by atoms with Crippen LogP contribution >= 0.6 is 0 Å². The van der Waals surface area contributed by atoms with Gasteiger partial charge in [0.05, 0.1) is 24.9 Å². The molecule has 0 aromatic heterocycles. The maximum Gasteiger partial charge on any atom is 0.303 e. The summed E-state index contributed by atoms with van der Waals surface area (Å²) >= 11 is 0. The number of aryl methyl sites for hydroxylation is 1. The number of carboxylic acids is 1. The Kier molecular flexibility index (Phi) is 3.16. The molecule has 2 aliphatic rings. The maximum absolute atomic E-state index is 10.6. The maximum atomic E-state index is 10.6. The Morgan fingerprint density at radius 2 is 2.32 bits per heavy atom. The topological polar surface area (TPSA) is 78.8 Å². The highest BCUT2D eigenvalue weighted by atomic mass is 16.5. The first-order chi connectivity index (χ1) is 9.13. The van der Waals surface area contributed by atoms with E-state index in [0.717, 1.165) is 23.2 Å². The normalized spacial score (nSPS) is 28.4. The quantitative estimate of drug-likeness (QED) is 0.766. The third kappa shape index (κ3) is 2.43. The van der Waals surface area contributed by atoms with Crippen LogP contribution in [0.2, 0.25) is 0 Å². The molecule has 19 heavy (non-hydrogen) atoms. The van der Waals surface area contributed by atoms with E-state index in [2.05, 4.69) is 5.32 Å². The van der Waals surface area contributed by atoms with E-state index in [1.165, 1.54) is 0 Å². The number of hydrogen-bond donors (Lipinski definition) is 3. The van der Waals surface area contributed by atoms with Gasteiger partial charge < -0.3 is 20.3 Å². The fourth-order valence-corrected chi connectivity index (χ4v) is 2.78. The molecule has 1 aromatic rings. The molecule has 0 amide bonds. The van der Waals surface area contributed by atoms with Crippen LogP contribution in [0, 0.1) is 0 Å². The van der Waals surface area contributed by atoms with Crippen molar-refractivity contribution in [3.05, 3.63) is 29.3 Å². The smallest absolute Gasteiger partial charge is 0.303 e. The van der Waals surface area contributed by atoms with Gasteiger partial charge in [-0.2, -0.15) is 0 Å². The largest absolute Gasteiger partial charge is 0.481 e. The van der Waals surface area contributed by atoms with Gasteiger partial charge in [0, 0.05) is 24.1 Å². The van der Waals surface area contributed by atoms with Crippen LogP contribution in [-0.4, -0.2) is 34.9 Å². The summed E-state index contributed by atoms with van der Waals surface area (Å²) in [5, 5.41) is 21.8. The first-order valence-corrected chi connectivity index (χ1v) is 6.54. The molecule has 2 bridgehead atoms. The number of carboxylic acid groups (broad SMARTS) is 1. The van der Waals surface area contributed by atoms with Gasteiger partial charge in [-0.3, -0.25) is 4.79 Å². The van der Waals surface area contributed by atoms with E-state index in [1.807, 2.05) is 18.2 Å². The summed E-state index contributed by atoms with van der Waals surface area (Å²) in [6.45, 7) is 0.348. The third-order valence-electron chi connectivity index (χ3n) is 3.83. The predicted molar refractivity (Wildman–Crippen MR) is 69.1 cm³/mol. The van der Waals surface area contributed by atoms with Gasteiger partial charge in [-0.1, -0.05) is 12.1 Å². The number of aliphatic carboxylic acids is 1. The Hall–Kier alpha value is -1.59. The van der Waals surface area contributed by atoms with Crippen molar-refractivity contribution in [2.45, 2.75) is 37.5 Å². The number of fused-ring (bicyclic) bond motifs is 4. The zero-order chi connectivity index (χ0) is 13.4. The average Bonchev–Trinajstić information content (AvgIpc) is 2.41. The van der Waals surface area contributed by atoms with Crippen molar-refractivity contribution in [2.75, 3.05) is 11.9 Å². The number of carbonyl (C=O) groups is 1. The van der Waals surface area contributed by atoms with E-state index in [9.17, 15) is 9.90 Å². The number of anilines is 1. The molecule has 0 unspecified atom stereocenters. The molecule has 2 heterocycles. The number of aliphatic hydroxyl groups is 1. The number of nitrogens with one attached hydrogen (secondary N) is 1. The lowest BCUT2D eigenvalue weighted by Crippen LogP contribution is -2.45. The minimum Gasteiger partial charge on any atom is -0.481 e. The molecule has 1 fully saturated rings. The molecule has 1 aromatic carbocycles. The van der Waals surface area contributed by atoms with Gasteiger partial charge in [-0.05, 0) is 18.1 Å². The van der Waals surface area contributed by atoms with Gasteiger partial charge in [-0.15, -0.1) is 0 Å². The molecule has 3 atom stereocenters. The van der Waals surface area contributed by atoms with Crippen molar-refractivity contribution >= 4 is 11.7 Å². The Balaban J connectivity index is 1.83. The minimum atomic E-state index is -0.784. The van der Waals surface area contributed by atoms with Crippen LogP contribution in [-0.2, 0) is 16.0 Å². The Morgan fingerprint density at radius 1 is 1.47 bits per heavy atom. The SMILES string of the molecule is O=C(O)CCc1ccc2c(c1)[C@@H]1C[C@H](N2)[C@H](O)CO1. The second kappa shape index (κ2) is 4.83. The number of ether oxygens (including phenoxy) is 1. The monoisotopic (exact) mass is 263 g/mol. The molecule has 3 N–H and O–H groups in total. The van der Waals surface area contributed by atoms with E-state index >= 15 is 0 Å². The first kappa shape index (κ1) is 12.4. The van der Waals surface area contributed by atoms with Gasteiger partial charge in [0.15, 0.2) is 0 Å². The van der Waals surface area contributed by atoms with Gasteiger partial charge in [0.2, 0.25) is 0 Å². The van der Waals surface area contributed by atoms with Crippen LogP contribution in [0.3, 0.4) is 0 Å². The highest BCUT2D eigenvalue weighted by Gasteiger charge is 2.36. The fraction of sp³-hybridized carbons (Fsp3) is 0.500.